The summed E-state index contributed by atoms with van der Waals surface area (Å²) in [6.45, 7) is 3.69. The molecule has 178 valence electrons. The van der Waals surface area contributed by atoms with Crippen molar-refractivity contribution < 1.29 is 29.7 Å². The van der Waals surface area contributed by atoms with E-state index in [1.807, 2.05) is 13.8 Å². The van der Waals surface area contributed by atoms with Gasteiger partial charge in [-0.15, -0.1) is 0 Å². The predicted octanol–water partition coefficient (Wildman–Crippen LogP) is 1.31. The van der Waals surface area contributed by atoms with Crippen molar-refractivity contribution in [2.45, 2.75) is 51.2 Å². The molecule has 7 N–H and O–H groups in total. The Morgan fingerprint density at radius 3 is 1.70 bits per heavy atom. The summed E-state index contributed by atoms with van der Waals surface area (Å²) in [4.78, 5) is 37.3. The number of benzene rings is 2. The number of aliphatic carboxylic acids is 1. The molecular formula is C24H31N3O6. The standard InChI is InChI=1S/C24H31N3O6/c1-14(2)11-21(24(32)33)27-23(31)20(13-16-5-9-18(29)10-6-16)26-22(30)19(25)12-15-3-7-17(28)8-4-15/h3-10,14,19-21,28-29H,11-13,25H2,1-2H3,(H,26,30)(H,27,31)(H,32,33)/t19-,20-,21-/m0/s1. The summed E-state index contributed by atoms with van der Waals surface area (Å²) < 4.78 is 0. The lowest BCUT2D eigenvalue weighted by molar-refractivity contribution is -0.142. The zero-order chi connectivity index (χ0) is 24.5. The minimum atomic E-state index is -1.16. The van der Waals surface area contributed by atoms with E-state index in [1.165, 1.54) is 24.3 Å². The van der Waals surface area contributed by atoms with Gasteiger partial charge >= 0.3 is 5.97 Å². The number of phenols is 2. The molecule has 2 rings (SSSR count). The zero-order valence-corrected chi connectivity index (χ0v) is 18.7. The van der Waals surface area contributed by atoms with Crippen LogP contribution in [0.15, 0.2) is 48.5 Å². The van der Waals surface area contributed by atoms with E-state index in [4.69, 9.17) is 5.73 Å². The highest BCUT2D eigenvalue weighted by Gasteiger charge is 2.28. The number of amides is 2. The predicted molar refractivity (Wildman–Crippen MR) is 123 cm³/mol. The number of rotatable bonds is 11. The maximum atomic E-state index is 13.0. The van der Waals surface area contributed by atoms with Gasteiger partial charge in [-0.2, -0.15) is 0 Å². The average molecular weight is 458 g/mol. The Morgan fingerprint density at radius 2 is 1.24 bits per heavy atom. The van der Waals surface area contributed by atoms with Crippen molar-refractivity contribution >= 4 is 17.8 Å². The van der Waals surface area contributed by atoms with E-state index in [-0.39, 0.29) is 36.7 Å². The zero-order valence-electron chi connectivity index (χ0n) is 18.7. The van der Waals surface area contributed by atoms with Gasteiger partial charge in [0.05, 0.1) is 6.04 Å². The molecule has 2 aromatic rings. The number of nitrogens with one attached hydrogen (secondary N) is 2. The molecule has 9 heteroatoms. The molecule has 0 saturated carbocycles. The Hall–Kier alpha value is -3.59. The first-order valence-electron chi connectivity index (χ1n) is 10.7. The van der Waals surface area contributed by atoms with Crippen molar-refractivity contribution in [1.29, 1.82) is 0 Å². The molecule has 3 atom stereocenters. The molecule has 0 fully saturated rings. The van der Waals surface area contributed by atoms with Crippen molar-refractivity contribution in [1.82, 2.24) is 10.6 Å². The second-order valence-electron chi connectivity index (χ2n) is 8.44. The van der Waals surface area contributed by atoms with Crippen molar-refractivity contribution in [2.75, 3.05) is 0 Å². The molecular weight excluding hydrogens is 426 g/mol. The van der Waals surface area contributed by atoms with Crippen LogP contribution in [0.2, 0.25) is 0 Å². The van der Waals surface area contributed by atoms with Crippen LogP contribution in [0, 0.1) is 5.92 Å². The normalized spacial score (nSPS) is 13.7. The van der Waals surface area contributed by atoms with Crippen molar-refractivity contribution in [2.24, 2.45) is 11.7 Å². The molecule has 9 nitrogen and oxygen atoms in total. The fourth-order valence-electron chi connectivity index (χ4n) is 3.30. The summed E-state index contributed by atoms with van der Waals surface area (Å²) >= 11 is 0. The summed E-state index contributed by atoms with van der Waals surface area (Å²) in [7, 11) is 0. The SMILES string of the molecule is CC(C)C[C@H](NC(=O)[C@H](Cc1ccc(O)cc1)NC(=O)[C@@H](N)Cc1ccc(O)cc1)C(=O)O. The van der Waals surface area contributed by atoms with Crippen LogP contribution in [-0.2, 0) is 27.2 Å². The Labute approximate surface area is 192 Å². The van der Waals surface area contributed by atoms with Crippen LogP contribution in [0.5, 0.6) is 11.5 Å². The van der Waals surface area contributed by atoms with Gasteiger partial charge in [-0.3, -0.25) is 9.59 Å². The molecule has 0 radical (unpaired) electrons. The van der Waals surface area contributed by atoms with E-state index < -0.39 is 35.9 Å². The molecule has 2 amide bonds. The van der Waals surface area contributed by atoms with E-state index in [0.29, 0.717) is 5.56 Å². The van der Waals surface area contributed by atoms with E-state index >= 15 is 0 Å². The third kappa shape index (κ3) is 8.46. The number of hydrogen-bond donors (Lipinski definition) is 6. The van der Waals surface area contributed by atoms with Gasteiger partial charge in [0.25, 0.3) is 0 Å². The third-order valence-corrected chi connectivity index (χ3v) is 5.06. The van der Waals surface area contributed by atoms with Crippen LogP contribution in [0.25, 0.3) is 0 Å². The van der Waals surface area contributed by atoms with E-state index in [9.17, 15) is 29.7 Å². The van der Waals surface area contributed by atoms with Gasteiger partial charge in [-0.05, 0) is 54.2 Å². The summed E-state index contributed by atoms with van der Waals surface area (Å²) in [5.74, 6) is -2.18. The van der Waals surface area contributed by atoms with E-state index in [2.05, 4.69) is 10.6 Å². The molecule has 0 aliphatic carbocycles. The minimum Gasteiger partial charge on any atom is -0.508 e. The lowest BCUT2D eigenvalue weighted by Crippen LogP contribution is -2.55. The number of hydrogen-bond acceptors (Lipinski definition) is 6. The van der Waals surface area contributed by atoms with Gasteiger partial charge < -0.3 is 31.7 Å². The highest BCUT2D eigenvalue weighted by atomic mass is 16.4. The Morgan fingerprint density at radius 1 is 0.788 bits per heavy atom. The highest BCUT2D eigenvalue weighted by molar-refractivity contribution is 5.92. The number of carboxylic acid groups (broad SMARTS) is 1. The molecule has 0 bridgehead atoms. The van der Waals surface area contributed by atoms with Crippen LogP contribution in [0.4, 0.5) is 0 Å². The molecule has 0 aliphatic heterocycles. The molecule has 0 unspecified atom stereocenters. The molecule has 0 aliphatic rings. The van der Waals surface area contributed by atoms with Crippen molar-refractivity contribution in [3.8, 4) is 11.5 Å². The molecule has 0 heterocycles. The van der Waals surface area contributed by atoms with Crippen LogP contribution in [0.3, 0.4) is 0 Å². The Balaban J connectivity index is 2.15. The van der Waals surface area contributed by atoms with Crippen molar-refractivity contribution in [3.63, 3.8) is 0 Å². The van der Waals surface area contributed by atoms with Gasteiger partial charge in [0, 0.05) is 6.42 Å². The fourth-order valence-corrected chi connectivity index (χ4v) is 3.30. The van der Waals surface area contributed by atoms with Gasteiger partial charge in [0.2, 0.25) is 11.8 Å². The summed E-state index contributed by atoms with van der Waals surface area (Å²) in [5.41, 5.74) is 7.43. The first-order valence-corrected chi connectivity index (χ1v) is 10.7. The van der Waals surface area contributed by atoms with Crippen molar-refractivity contribution in [3.05, 3.63) is 59.7 Å². The number of phenolic OH excluding ortho intramolecular Hbond substituents is 2. The second-order valence-corrected chi connectivity index (χ2v) is 8.44. The maximum Gasteiger partial charge on any atom is 0.326 e. The molecule has 0 spiro atoms. The minimum absolute atomic E-state index is 0.0373. The Bertz CT molecular complexity index is 944. The number of carbonyl (C=O) groups is 3. The van der Waals surface area contributed by atoms with Crippen LogP contribution in [-0.4, -0.2) is 51.2 Å². The van der Waals surface area contributed by atoms with Gasteiger partial charge in [-0.25, -0.2) is 4.79 Å². The van der Waals surface area contributed by atoms with Crippen LogP contribution in [0.1, 0.15) is 31.4 Å². The van der Waals surface area contributed by atoms with E-state index in [1.54, 1.807) is 24.3 Å². The van der Waals surface area contributed by atoms with Crippen LogP contribution >= 0.6 is 0 Å². The lowest BCUT2D eigenvalue weighted by atomic mass is 10.0. The van der Waals surface area contributed by atoms with E-state index in [0.717, 1.165) is 5.56 Å². The van der Waals surface area contributed by atoms with Gasteiger partial charge in [0.1, 0.15) is 23.6 Å². The van der Waals surface area contributed by atoms with Gasteiger partial charge in [0.15, 0.2) is 0 Å². The molecule has 0 saturated heterocycles. The highest BCUT2D eigenvalue weighted by Crippen LogP contribution is 2.14. The topological polar surface area (TPSA) is 162 Å². The molecule has 0 aromatic heterocycles. The number of aromatic hydroxyl groups is 2. The second kappa shape index (κ2) is 11.9. The molecule has 33 heavy (non-hydrogen) atoms. The Kier molecular flexibility index (Phi) is 9.23. The number of carboxylic acids is 1. The maximum absolute atomic E-state index is 13.0. The average Bonchev–Trinajstić information content (AvgIpc) is 2.75. The number of carbonyl (C=O) groups excluding carboxylic acids is 2. The van der Waals surface area contributed by atoms with Gasteiger partial charge in [-0.1, -0.05) is 38.1 Å². The monoisotopic (exact) mass is 457 g/mol. The first kappa shape index (κ1) is 25.7. The smallest absolute Gasteiger partial charge is 0.326 e. The quantitative estimate of drug-likeness (QED) is 0.296. The first-order chi connectivity index (χ1) is 15.5. The molecule has 2 aromatic carbocycles. The third-order valence-electron chi connectivity index (χ3n) is 5.06. The largest absolute Gasteiger partial charge is 0.508 e. The van der Waals surface area contributed by atoms with Crippen LogP contribution < -0.4 is 16.4 Å². The fraction of sp³-hybridized carbons (Fsp3) is 0.375. The lowest BCUT2D eigenvalue weighted by Gasteiger charge is -2.24. The number of nitrogens with two attached hydrogens (primary N) is 1. The summed E-state index contributed by atoms with van der Waals surface area (Å²) in [6, 6.07) is 9.29. The summed E-state index contributed by atoms with van der Waals surface area (Å²) in [6.07, 6.45) is 0.504. The summed E-state index contributed by atoms with van der Waals surface area (Å²) in [5, 5.41) is 33.5.